The van der Waals surface area contributed by atoms with Crippen LogP contribution in [0.5, 0.6) is 0 Å². The van der Waals surface area contributed by atoms with Crippen molar-refractivity contribution in [1.29, 1.82) is 0 Å². The van der Waals surface area contributed by atoms with Crippen LogP contribution >= 0.6 is 0 Å². The van der Waals surface area contributed by atoms with Crippen LogP contribution in [0.2, 0.25) is 36.3 Å². The van der Waals surface area contributed by atoms with Gasteiger partial charge in [0.25, 0.3) is 0 Å². The molecule has 0 aliphatic carbocycles. The van der Waals surface area contributed by atoms with Crippen LogP contribution < -0.4 is 5.32 Å². The lowest BCUT2D eigenvalue weighted by atomic mass is 9.89. The molecule has 0 aliphatic rings. The highest BCUT2D eigenvalue weighted by molar-refractivity contribution is 6.73. The zero-order chi connectivity index (χ0) is 27.6. The molecular formula is C26H47NO6Si2. The Balaban J connectivity index is 3.37. The summed E-state index contributed by atoms with van der Waals surface area (Å²) in [7, 11) is -4.96. The van der Waals surface area contributed by atoms with Gasteiger partial charge in [0, 0.05) is 6.42 Å². The van der Waals surface area contributed by atoms with Crippen molar-refractivity contribution < 1.29 is 29.0 Å². The van der Waals surface area contributed by atoms with Crippen molar-refractivity contribution in [3.8, 4) is 0 Å². The highest BCUT2D eigenvalue weighted by atomic mass is 28.4. The second-order valence-electron chi connectivity index (χ2n) is 13.1. The standard InChI is InChI=1S/C26H47NO6Si2/c1-24(2,3)33-23(30)27-21(22(28)29)15-18-12-13-19(16-25(4,5)34(8,9)31)20(14-18)17-26(6,7)35(10,11)32/h12-14,21,31-32H,15-17H2,1-11H3,(H,27,30)(H,28,29). The Morgan fingerprint density at radius 2 is 1.34 bits per heavy atom. The Bertz CT molecular complexity index is 908. The Labute approximate surface area is 213 Å². The largest absolute Gasteiger partial charge is 0.480 e. The summed E-state index contributed by atoms with van der Waals surface area (Å²) in [6.45, 7) is 21.2. The number of nitrogens with one attached hydrogen (secondary N) is 1. The number of hydrogen-bond acceptors (Lipinski definition) is 5. The molecule has 0 saturated carbocycles. The number of amides is 1. The fourth-order valence-electron chi connectivity index (χ4n) is 3.41. The number of carboxylic acid groups (broad SMARTS) is 1. The van der Waals surface area contributed by atoms with E-state index in [0.29, 0.717) is 12.8 Å². The van der Waals surface area contributed by atoms with E-state index in [-0.39, 0.29) is 16.5 Å². The minimum Gasteiger partial charge on any atom is -0.480 e. The highest BCUT2D eigenvalue weighted by Crippen LogP contribution is 2.43. The van der Waals surface area contributed by atoms with Crippen molar-refractivity contribution in [2.75, 3.05) is 0 Å². The molecule has 0 spiro atoms. The molecule has 0 heterocycles. The van der Waals surface area contributed by atoms with E-state index in [0.717, 1.165) is 16.7 Å². The summed E-state index contributed by atoms with van der Waals surface area (Å²) in [4.78, 5) is 45.8. The number of carboxylic acids is 1. The van der Waals surface area contributed by atoms with E-state index in [4.69, 9.17) is 4.74 Å². The number of alkyl carbamates (subject to hydrolysis) is 1. The third-order valence-electron chi connectivity index (χ3n) is 7.28. The Morgan fingerprint density at radius 1 is 0.886 bits per heavy atom. The highest BCUT2D eigenvalue weighted by Gasteiger charge is 2.41. The summed E-state index contributed by atoms with van der Waals surface area (Å²) < 4.78 is 5.23. The SMILES string of the molecule is CC(C)(C)OC(=O)NC(Cc1ccc(CC(C)(C)[Si](C)(C)O)c(CC(C)(C)[Si](C)(C)O)c1)C(=O)O. The lowest BCUT2D eigenvalue weighted by Gasteiger charge is -2.38. The summed E-state index contributed by atoms with van der Waals surface area (Å²) in [5, 5.41) is 11.6. The molecule has 200 valence electrons. The molecule has 4 N–H and O–H groups in total. The predicted molar refractivity (Wildman–Crippen MR) is 146 cm³/mol. The number of ether oxygens (including phenoxy) is 1. The smallest absolute Gasteiger partial charge is 0.408 e. The maximum Gasteiger partial charge on any atom is 0.408 e. The molecule has 1 unspecified atom stereocenters. The van der Waals surface area contributed by atoms with E-state index in [1.165, 1.54) is 0 Å². The monoisotopic (exact) mass is 525 g/mol. The third-order valence-corrected chi connectivity index (χ3v) is 14.3. The first-order valence-electron chi connectivity index (χ1n) is 12.2. The van der Waals surface area contributed by atoms with E-state index in [1.807, 2.05) is 44.4 Å². The normalized spacial score (nSPS) is 14.4. The predicted octanol–water partition coefficient (Wildman–Crippen LogP) is 5.25. The van der Waals surface area contributed by atoms with E-state index in [9.17, 15) is 24.3 Å². The molecule has 1 amide bonds. The molecule has 0 saturated heterocycles. The Hall–Kier alpha value is -1.69. The molecule has 9 heteroatoms. The number of aliphatic carboxylic acids is 1. The van der Waals surface area contributed by atoms with Gasteiger partial charge in [-0.1, -0.05) is 45.9 Å². The van der Waals surface area contributed by atoms with Gasteiger partial charge in [-0.05, 0) is 86.6 Å². The fraction of sp³-hybridized carbons (Fsp3) is 0.692. The van der Waals surface area contributed by atoms with Crippen LogP contribution in [0.4, 0.5) is 4.79 Å². The van der Waals surface area contributed by atoms with Gasteiger partial charge in [-0.3, -0.25) is 0 Å². The summed E-state index contributed by atoms with van der Waals surface area (Å²) in [5.74, 6) is -1.14. The zero-order valence-corrected chi connectivity index (χ0v) is 25.5. The molecule has 1 atom stereocenters. The average Bonchev–Trinajstić information content (AvgIpc) is 2.59. The van der Waals surface area contributed by atoms with Crippen LogP contribution in [0, 0.1) is 0 Å². The van der Waals surface area contributed by atoms with Gasteiger partial charge in [0.1, 0.15) is 11.6 Å². The van der Waals surface area contributed by atoms with E-state index in [1.54, 1.807) is 20.8 Å². The molecule has 0 bridgehead atoms. The summed E-state index contributed by atoms with van der Waals surface area (Å²) >= 11 is 0. The second-order valence-corrected chi connectivity index (χ2v) is 22.0. The van der Waals surface area contributed by atoms with Crippen LogP contribution in [0.25, 0.3) is 0 Å². The van der Waals surface area contributed by atoms with Crippen molar-refractivity contribution in [3.05, 3.63) is 34.9 Å². The molecule has 0 aliphatic heterocycles. The van der Waals surface area contributed by atoms with Crippen molar-refractivity contribution >= 4 is 28.7 Å². The number of rotatable bonds is 10. The maximum absolute atomic E-state index is 12.2. The summed E-state index contributed by atoms with van der Waals surface area (Å²) in [6.07, 6.45) is 0.645. The van der Waals surface area contributed by atoms with Gasteiger partial charge in [0.2, 0.25) is 0 Å². The maximum atomic E-state index is 12.2. The van der Waals surface area contributed by atoms with Gasteiger partial charge in [0.15, 0.2) is 16.6 Å². The van der Waals surface area contributed by atoms with Gasteiger partial charge in [-0.25, -0.2) is 9.59 Å². The Kier molecular flexibility index (Phi) is 9.62. The summed E-state index contributed by atoms with van der Waals surface area (Å²) in [5.41, 5.74) is 2.17. The van der Waals surface area contributed by atoms with Crippen molar-refractivity contribution in [3.63, 3.8) is 0 Å². The molecule has 7 nitrogen and oxygen atoms in total. The van der Waals surface area contributed by atoms with Crippen LogP contribution in [0.3, 0.4) is 0 Å². The number of carbonyl (C=O) groups is 2. The van der Waals surface area contributed by atoms with Crippen LogP contribution in [-0.4, -0.2) is 55.0 Å². The minimum atomic E-state index is -2.51. The van der Waals surface area contributed by atoms with Gasteiger partial charge in [0.05, 0.1) is 0 Å². The van der Waals surface area contributed by atoms with Gasteiger partial charge in [-0.15, -0.1) is 0 Å². The lowest BCUT2D eigenvalue weighted by molar-refractivity contribution is -0.139. The average molecular weight is 526 g/mol. The third kappa shape index (κ3) is 9.36. The van der Waals surface area contributed by atoms with Crippen LogP contribution in [0.1, 0.15) is 65.2 Å². The Morgan fingerprint density at radius 3 is 1.74 bits per heavy atom. The first-order chi connectivity index (χ1) is 15.5. The number of hydrogen-bond donors (Lipinski definition) is 4. The van der Waals surface area contributed by atoms with E-state index in [2.05, 4.69) is 33.0 Å². The van der Waals surface area contributed by atoms with Crippen molar-refractivity contribution in [2.45, 2.75) is 116 Å². The molecule has 1 aromatic rings. The molecule has 35 heavy (non-hydrogen) atoms. The van der Waals surface area contributed by atoms with Crippen molar-refractivity contribution in [1.82, 2.24) is 5.32 Å². The number of benzene rings is 1. The molecule has 1 rings (SSSR count). The fourth-order valence-corrected chi connectivity index (χ4v) is 4.66. The van der Waals surface area contributed by atoms with Crippen LogP contribution in [0.15, 0.2) is 18.2 Å². The molecule has 0 fully saturated rings. The summed E-state index contributed by atoms with van der Waals surface area (Å²) in [6, 6.07) is 4.75. The number of carbonyl (C=O) groups excluding carboxylic acids is 1. The quantitative estimate of drug-likeness (QED) is 0.310. The van der Waals surface area contributed by atoms with E-state index < -0.39 is 40.3 Å². The second kappa shape index (κ2) is 10.7. The van der Waals surface area contributed by atoms with Gasteiger partial charge < -0.3 is 24.8 Å². The van der Waals surface area contributed by atoms with Crippen LogP contribution in [-0.2, 0) is 28.8 Å². The molecule has 0 radical (unpaired) electrons. The first-order valence-corrected chi connectivity index (χ1v) is 18.1. The van der Waals surface area contributed by atoms with Crippen molar-refractivity contribution in [2.24, 2.45) is 0 Å². The molecular weight excluding hydrogens is 478 g/mol. The molecule has 0 aromatic heterocycles. The van der Waals surface area contributed by atoms with Gasteiger partial charge in [-0.2, -0.15) is 0 Å². The van der Waals surface area contributed by atoms with Gasteiger partial charge >= 0.3 is 12.1 Å². The molecule has 1 aromatic carbocycles. The lowest BCUT2D eigenvalue weighted by Crippen LogP contribution is -2.44. The zero-order valence-electron chi connectivity index (χ0n) is 23.5. The topological polar surface area (TPSA) is 116 Å². The first kappa shape index (κ1) is 31.3. The van der Waals surface area contributed by atoms with E-state index >= 15 is 0 Å². The minimum absolute atomic E-state index is 0.103.